The van der Waals surface area contributed by atoms with Crippen LogP contribution in [0.15, 0.2) is 108 Å². The molecule has 4 nitrogen and oxygen atoms in total. The number of hydrogen-bond acceptors (Lipinski definition) is 4. The molecule has 0 unspecified atom stereocenters. The molecule has 0 aliphatic carbocycles. The summed E-state index contributed by atoms with van der Waals surface area (Å²) >= 11 is 0. The SMILES string of the molecule is C=C/C=C(\C=C(/C=C)C(/C=N\C=C)=NC)c1cccc(/C(C=N)=N/C=C)c1. The highest BCUT2D eigenvalue weighted by molar-refractivity contribution is 6.39. The molecule has 0 aliphatic rings. The molecule has 1 rings (SSSR count). The smallest absolute Gasteiger partial charge is 0.0877 e. The van der Waals surface area contributed by atoms with Gasteiger partial charge in [0.05, 0.1) is 17.6 Å². The Hall–Kier alpha value is -3.66. The van der Waals surface area contributed by atoms with Crippen LogP contribution in [-0.2, 0) is 0 Å². The second kappa shape index (κ2) is 11.8. The van der Waals surface area contributed by atoms with Crippen LogP contribution in [0.1, 0.15) is 11.1 Å². The van der Waals surface area contributed by atoms with Gasteiger partial charge in [0, 0.05) is 36.8 Å². The Morgan fingerprint density at radius 1 is 1.07 bits per heavy atom. The molecule has 136 valence electrons. The molecular formula is C23H24N4. The van der Waals surface area contributed by atoms with Crippen LogP contribution in [0.2, 0.25) is 0 Å². The summed E-state index contributed by atoms with van der Waals surface area (Å²) in [6.07, 6.45) is 13.0. The maximum absolute atomic E-state index is 7.55. The van der Waals surface area contributed by atoms with Gasteiger partial charge in [-0.15, -0.1) is 0 Å². The lowest BCUT2D eigenvalue weighted by Gasteiger charge is -2.08. The maximum atomic E-state index is 7.55. The zero-order valence-electron chi connectivity index (χ0n) is 15.6. The van der Waals surface area contributed by atoms with E-state index in [1.807, 2.05) is 36.4 Å². The van der Waals surface area contributed by atoms with Gasteiger partial charge in [-0.3, -0.25) is 15.0 Å². The summed E-state index contributed by atoms with van der Waals surface area (Å²) in [6.45, 7) is 14.9. The highest BCUT2D eigenvalue weighted by atomic mass is 14.7. The molecule has 0 amide bonds. The van der Waals surface area contributed by atoms with Crippen LogP contribution in [0, 0.1) is 5.41 Å². The standard InChI is InChI=1S/C23H24N4/c1-6-11-19(14-18(7-2)23(25-5)17-26-8-3)20-12-10-13-21(15-20)22(16-24)27-9-4/h6-17,24H,1-4H2,5H3/b18-14+,19-11+,24-16?,25-23?,26-17-,27-22+. The molecular weight excluding hydrogens is 332 g/mol. The average molecular weight is 356 g/mol. The second-order valence-electron chi connectivity index (χ2n) is 5.15. The molecule has 1 aromatic carbocycles. The van der Waals surface area contributed by atoms with Crippen molar-refractivity contribution in [3.05, 3.63) is 104 Å². The maximum Gasteiger partial charge on any atom is 0.0877 e. The fourth-order valence-electron chi connectivity index (χ4n) is 2.30. The number of rotatable bonds is 10. The summed E-state index contributed by atoms with van der Waals surface area (Å²) in [7, 11) is 1.70. The van der Waals surface area contributed by atoms with Gasteiger partial charge >= 0.3 is 0 Å². The van der Waals surface area contributed by atoms with Gasteiger partial charge in [-0.05, 0) is 23.3 Å². The van der Waals surface area contributed by atoms with Gasteiger partial charge in [0.1, 0.15) is 0 Å². The number of nitrogens with one attached hydrogen (secondary N) is 1. The first-order valence-electron chi connectivity index (χ1n) is 8.23. The number of benzene rings is 1. The predicted octanol–water partition coefficient (Wildman–Crippen LogP) is 5.24. The summed E-state index contributed by atoms with van der Waals surface area (Å²) < 4.78 is 0. The molecule has 27 heavy (non-hydrogen) atoms. The first-order chi connectivity index (χ1) is 13.1. The number of allylic oxidation sites excluding steroid dienone is 6. The average Bonchev–Trinajstić information content (AvgIpc) is 2.70. The molecule has 0 radical (unpaired) electrons. The number of hydrogen-bond donors (Lipinski definition) is 1. The van der Waals surface area contributed by atoms with E-state index in [9.17, 15) is 0 Å². The van der Waals surface area contributed by atoms with Crippen molar-refractivity contribution in [1.82, 2.24) is 0 Å². The van der Waals surface area contributed by atoms with Crippen LogP contribution >= 0.6 is 0 Å². The van der Waals surface area contributed by atoms with Crippen LogP contribution < -0.4 is 0 Å². The topological polar surface area (TPSA) is 60.9 Å². The Labute approximate surface area is 161 Å². The third kappa shape index (κ3) is 6.29. The van der Waals surface area contributed by atoms with Gasteiger partial charge in [-0.25, -0.2) is 0 Å². The minimum Gasteiger partial charge on any atom is -0.306 e. The Balaban J connectivity index is 3.49. The van der Waals surface area contributed by atoms with E-state index in [0.717, 1.165) is 22.3 Å². The van der Waals surface area contributed by atoms with E-state index in [1.54, 1.807) is 25.4 Å². The third-order valence-electron chi connectivity index (χ3n) is 3.53. The predicted molar refractivity (Wildman–Crippen MR) is 120 cm³/mol. The van der Waals surface area contributed by atoms with Gasteiger partial charge in [0.25, 0.3) is 0 Å². The Bertz CT molecular complexity index is 877. The van der Waals surface area contributed by atoms with Crippen molar-refractivity contribution in [2.24, 2.45) is 15.0 Å². The van der Waals surface area contributed by atoms with Crippen molar-refractivity contribution >= 4 is 29.4 Å². The van der Waals surface area contributed by atoms with E-state index in [4.69, 9.17) is 5.41 Å². The van der Waals surface area contributed by atoms with E-state index in [-0.39, 0.29) is 0 Å². The van der Waals surface area contributed by atoms with Gasteiger partial charge in [0.15, 0.2) is 0 Å². The largest absolute Gasteiger partial charge is 0.306 e. The molecule has 0 saturated carbocycles. The van der Waals surface area contributed by atoms with Crippen molar-refractivity contribution in [2.75, 3.05) is 7.05 Å². The van der Waals surface area contributed by atoms with Gasteiger partial charge in [-0.1, -0.05) is 62.7 Å². The normalized spacial score (nSPS) is 13.4. The zero-order valence-corrected chi connectivity index (χ0v) is 15.6. The summed E-state index contributed by atoms with van der Waals surface area (Å²) in [4.78, 5) is 12.4. The molecule has 0 bridgehead atoms. The van der Waals surface area contributed by atoms with Gasteiger partial charge in [-0.2, -0.15) is 0 Å². The van der Waals surface area contributed by atoms with Crippen molar-refractivity contribution in [3.8, 4) is 0 Å². The van der Waals surface area contributed by atoms with Crippen LogP contribution in [-0.4, -0.2) is 30.9 Å². The molecule has 1 N–H and O–H groups in total. The summed E-state index contributed by atoms with van der Waals surface area (Å²) in [5, 5.41) is 7.55. The zero-order chi connectivity index (χ0) is 20.1. The monoisotopic (exact) mass is 356 g/mol. The minimum atomic E-state index is 0.534. The van der Waals surface area contributed by atoms with Gasteiger partial charge in [0.2, 0.25) is 0 Å². The molecule has 0 atom stereocenters. The van der Waals surface area contributed by atoms with E-state index in [2.05, 4.69) is 41.3 Å². The van der Waals surface area contributed by atoms with Crippen molar-refractivity contribution in [1.29, 1.82) is 5.41 Å². The van der Waals surface area contributed by atoms with E-state index in [1.165, 1.54) is 18.6 Å². The van der Waals surface area contributed by atoms with Crippen molar-refractivity contribution in [3.63, 3.8) is 0 Å². The molecule has 0 heterocycles. The Kier molecular flexibility index (Phi) is 9.36. The lowest BCUT2D eigenvalue weighted by Crippen LogP contribution is -2.04. The highest BCUT2D eigenvalue weighted by Crippen LogP contribution is 2.20. The van der Waals surface area contributed by atoms with Crippen molar-refractivity contribution < 1.29 is 0 Å². The van der Waals surface area contributed by atoms with Crippen molar-refractivity contribution in [2.45, 2.75) is 0 Å². The second-order valence-corrected chi connectivity index (χ2v) is 5.15. The lowest BCUT2D eigenvalue weighted by molar-refractivity contribution is 1.45. The van der Waals surface area contributed by atoms with E-state index in [0.29, 0.717) is 11.4 Å². The molecule has 4 heteroatoms. The van der Waals surface area contributed by atoms with Crippen LogP contribution in [0.25, 0.3) is 5.57 Å². The molecule has 0 spiro atoms. The number of nitrogens with zero attached hydrogens (tertiary/aromatic N) is 3. The fourth-order valence-corrected chi connectivity index (χ4v) is 2.30. The Morgan fingerprint density at radius 3 is 2.37 bits per heavy atom. The minimum absolute atomic E-state index is 0.534. The molecule has 0 fully saturated rings. The first-order valence-corrected chi connectivity index (χ1v) is 8.23. The van der Waals surface area contributed by atoms with Crippen LogP contribution in [0.5, 0.6) is 0 Å². The summed E-state index contributed by atoms with van der Waals surface area (Å²) in [6, 6.07) is 7.75. The fraction of sp³-hybridized carbons (Fsp3) is 0.0435. The number of aliphatic imine (C=N–C) groups is 3. The van der Waals surface area contributed by atoms with E-state index < -0.39 is 0 Å². The molecule has 0 aromatic heterocycles. The molecule has 0 aliphatic heterocycles. The van der Waals surface area contributed by atoms with Gasteiger partial charge < -0.3 is 5.41 Å². The lowest BCUT2D eigenvalue weighted by atomic mass is 9.97. The highest BCUT2D eigenvalue weighted by Gasteiger charge is 2.06. The van der Waals surface area contributed by atoms with E-state index >= 15 is 0 Å². The quantitative estimate of drug-likeness (QED) is 0.440. The third-order valence-corrected chi connectivity index (χ3v) is 3.53. The van der Waals surface area contributed by atoms with Crippen LogP contribution in [0.4, 0.5) is 0 Å². The molecule has 0 saturated heterocycles. The summed E-state index contributed by atoms with van der Waals surface area (Å²) in [5.74, 6) is 0. The Morgan fingerprint density at radius 2 is 1.81 bits per heavy atom. The molecule has 1 aromatic rings. The summed E-state index contributed by atoms with van der Waals surface area (Å²) in [5.41, 5.74) is 4.72. The first kappa shape index (κ1) is 21.4. The van der Waals surface area contributed by atoms with Crippen LogP contribution in [0.3, 0.4) is 0 Å².